The molecule has 0 aliphatic heterocycles. The number of hydrogen-bond donors (Lipinski definition) is 2. The van der Waals surface area contributed by atoms with E-state index in [1.54, 1.807) is 14.2 Å². The first-order chi connectivity index (χ1) is 12.4. The van der Waals surface area contributed by atoms with Gasteiger partial charge in [-0.05, 0) is 37.6 Å². The zero-order chi connectivity index (χ0) is 19.4. The van der Waals surface area contributed by atoms with Gasteiger partial charge in [-0.2, -0.15) is 13.2 Å². The molecule has 0 spiro atoms. The third kappa shape index (κ3) is 9.05. The molecule has 0 unspecified atom stereocenters. The molecular weight excluding hydrogens is 345 g/mol. The number of nitrogens with zero attached hydrogens (tertiary/aromatic N) is 2. The quantitative estimate of drug-likeness (QED) is 0.375. The number of ether oxygens (including phenoxy) is 1. The molecule has 0 radical (unpaired) electrons. The molecule has 0 aromatic heterocycles. The molecule has 0 atom stereocenters. The molecule has 1 aromatic carbocycles. The molecule has 148 valence electrons. The number of nitrogens with one attached hydrogen (secondary N) is 2. The topological polar surface area (TPSA) is 48.9 Å². The van der Waals surface area contributed by atoms with Gasteiger partial charge in [-0.3, -0.25) is 4.99 Å². The van der Waals surface area contributed by atoms with Gasteiger partial charge in [0.15, 0.2) is 5.96 Å². The van der Waals surface area contributed by atoms with Crippen LogP contribution in [0.5, 0.6) is 0 Å². The Labute approximate surface area is 153 Å². The van der Waals surface area contributed by atoms with Gasteiger partial charge in [-0.15, -0.1) is 0 Å². The monoisotopic (exact) mass is 374 g/mol. The second kappa shape index (κ2) is 11.7. The Bertz CT molecular complexity index is 532. The number of guanidine groups is 1. The van der Waals surface area contributed by atoms with Gasteiger partial charge in [-0.25, -0.2) is 0 Å². The molecule has 0 amide bonds. The van der Waals surface area contributed by atoms with E-state index in [4.69, 9.17) is 4.74 Å². The van der Waals surface area contributed by atoms with Crippen molar-refractivity contribution in [2.24, 2.45) is 4.99 Å². The van der Waals surface area contributed by atoms with E-state index in [0.29, 0.717) is 18.9 Å². The number of hydrogen-bond acceptors (Lipinski definition) is 3. The molecule has 5 nitrogen and oxygen atoms in total. The van der Waals surface area contributed by atoms with Crippen LogP contribution in [-0.2, 0) is 17.3 Å². The van der Waals surface area contributed by atoms with E-state index in [0.717, 1.165) is 50.4 Å². The van der Waals surface area contributed by atoms with Crippen LogP contribution < -0.4 is 10.6 Å². The average Bonchev–Trinajstić information content (AvgIpc) is 2.60. The molecule has 1 rings (SSSR count). The normalized spacial score (nSPS) is 12.5. The van der Waals surface area contributed by atoms with E-state index in [2.05, 4.69) is 27.6 Å². The summed E-state index contributed by atoms with van der Waals surface area (Å²) in [4.78, 5) is 6.35. The van der Waals surface area contributed by atoms with E-state index in [-0.39, 0.29) is 0 Å². The summed E-state index contributed by atoms with van der Waals surface area (Å²) in [6, 6.07) is 5.25. The summed E-state index contributed by atoms with van der Waals surface area (Å²) in [7, 11) is 5.44. The lowest BCUT2D eigenvalue weighted by atomic mass is 10.1. The largest absolute Gasteiger partial charge is 0.416 e. The Morgan fingerprint density at radius 2 is 1.77 bits per heavy atom. The Balaban J connectivity index is 2.26. The van der Waals surface area contributed by atoms with Crippen molar-refractivity contribution in [1.82, 2.24) is 15.5 Å². The molecule has 0 aliphatic rings. The van der Waals surface area contributed by atoms with Crippen LogP contribution in [0.1, 0.15) is 17.5 Å². The Hall–Kier alpha value is -1.80. The first kappa shape index (κ1) is 22.2. The second-order valence-electron chi connectivity index (χ2n) is 6.02. The summed E-state index contributed by atoms with van der Waals surface area (Å²) in [5.74, 6) is 0.683. The second-order valence-corrected chi connectivity index (χ2v) is 6.02. The van der Waals surface area contributed by atoms with Gasteiger partial charge >= 0.3 is 6.18 Å². The van der Waals surface area contributed by atoms with Crippen LogP contribution in [0.15, 0.2) is 29.3 Å². The van der Waals surface area contributed by atoms with Crippen molar-refractivity contribution in [2.75, 3.05) is 54.0 Å². The molecule has 26 heavy (non-hydrogen) atoms. The summed E-state index contributed by atoms with van der Waals surface area (Å²) in [6.45, 7) is 3.95. The zero-order valence-electron chi connectivity index (χ0n) is 15.7. The average molecular weight is 374 g/mol. The SMILES string of the molecule is CN=C(NCCc1ccc(C(F)(F)F)cc1)NCCN(C)CCCOC. The lowest BCUT2D eigenvalue weighted by Crippen LogP contribution is -2.41. The molecule has 0 fully saturated rings. The number of aliphatic imine (C=N–C) groups is 1. The maximum atomic E-state index is 12.5. The van der Waals surface area contributed by atoms with Crippen molar-refractivity contribution in [1.29, 1.82) is 0 Å². The van der Waals surface area contributed by atoms with Crippen molar-refractivity contribution in [3.63, 3.8) is 0 Å². The molecule has 0 bridgehead atoms. The lowest BCUT2D eigenvalue weighted by molar-refractivity contribution is -0.137. The summed E-state index contributed by atoms with van der Waals surface area (Å²) >= 11 is 0. The maximum Gasteiger partial charge on any atom is 0.416 e. The number of methoxy groups -OCH3 is 1. The molecular formula is C18H29F3N4O. The Morgan fingerprint density at radius 3 is 2.35 bits per heavy atom. The maximum absolute atomic E-state index is 12.5. The van der Waals surface area contributed by atoms with Crippen molar-refractivity contribution in [3.8, 4) is 0 Å². The van der Waals surface area contributed by atoms with Gasteiger partial charge in [0, 0.05) is 46.9 Å². The molecule has 0 saturated heterocycles. The van der Waals surface area contributed by atoms with Gasteiger partial charge in [0.2, 0.25) is 0 Å². The number of alkyl halides is 3. The number of benzene rings is 1. The van der Waals surface area contributed by atoms with Crippen LogP contribution in [0, 0.1) is 0 Å². The first-order valence-corrected chi connectivity index (χ1v) is 8.65. The predicted molar refractivity (Wildman–Crippen MR) is 98.5 cm³/mol. The minimum absolute atomic E-state index is 0.592. The van der Waals surface area contributed by atoms with Gasteiger partial charge in [-0.1, -0.05) is 12.1 Å². The molecule has 2 N–H and O–H groups in total. The third-order valence-corrected chi connectivity index (χ3v) is 3.89. The highest BCUT2D eigenvalue weighted by atomic mass is 19.4. The summed E-state index contributed by atoms with van der Waals surface area (Å²) in [5.41, 5.74) is 0.222. The highest BCUT2D eigenvalue weighted by Gasteiger charge is 2.29. The highest BCUT2D eigenvalue weighted by molar-refractivity contribution is 5.79. The summed E-state index contributed by atoms with van der Waals surface area (Å²) < 4.78 is 42.6. The fourth-order valence-electron chi connectivity index (χ4n) is 2.36. The van der Waals surface area contributed by atoms with Crippen molar-refractivity contribution < 1.29 is 17.9 Å². The summed E-state index contributed by atoms with van der Waals surface area (Å²) in [5, 5.41) is 6.39. The minimum atomic E-state index is -4.29. The minimum Gasteiger partial charge on any atom is -0.385 e. The van der Waals surface area contributed by atoms with Crippen LogP contribution in [0.3, 0.4) is 0 Å². The van der Waals surface area contributed by atoms with Gasteiger partial charge < -0.3 is 20.3 Å². The van der Waals surface area contributed by atoms with E-state index in [1.165, 1.54) is 12.1 Å². The molecule has 0 heterocycles. The van der Waals surface area contributed by atoms with E-state index in [9.17, 15) is 13.2 Å². The van der Waals surface area contributed by atoms with Crippen LogP contribution in [-0.4, -0.2) is 64.9 Å². The van der Waals surface area contributed by atoms with Crippen molar-refractivity contribution >= 4 is 5.96 Å². The van der Waals surface area contributed by atoms with Gasteiger partial charge in [0.25, 0.3) is 0 Å². The number of halogens is 3. The van der Waals surface area contributed by atoms with E-state index >= 15 is 0 Å². The van der Waals surface area contributed by atoms with Gasteiger partial charge in [0.05, 0.1) is 5.56 Å². The van der Waals surface area contributed by atoms with Crippen molar-refractivity contribution in [2.45, 2.75) is 19.0 Å². The predicted octanol–water partition coefficient (Wildman–Crippen LogP) is 2.38. The zero-order valence-corrected chi connectivity index (χ0v) is 15.7. The van der Waals surface area contributed by atoms with Crippen LogP contribution in [0.2, 0.25) is 0 Å². The molecule has 8 heteroatoms. The standard InChI is InChI=1S/C18H29F3N4O/c1-22-17(24-11-13-25(2)12-4-14-26-3)23-10-9-15-5-7-16(8-6-15)18(19,20)21/h5-8H,4,9-14H2,1-3H3,(H2,22,23,24). The smallest absolute Gasteiger partial charge is 0.385 e. The van der Waals surface area contributed by atoms with Crippen LogP contribution >= 0.6 is 0 Å². The lowest BCUT2D eigenvalue weighted by Gasteiger charge is -2.18. The van der Waals surface area contributed by atoms with E-state index < -0.39 is 11.7 Å². The summed E-state index contributed by atoms with van der Waals surface area (Å²) in [6.07, 6.45) is -2.68. The molecule has 1 aromatic rings. The van der Waals surface area contributed by atoms with Crippen LogP contribution in [0.25, 0.3) is 0 Å². The fourth-order valence-corrected chi connectivity index (χ4v) is 2.36. The Morgan fingerprint density at radius 1 is 1.12 bits per heavy atom. The highest BCUT2D eigenvalue weighted by Crippen LogP contribution is 2.29. The van der Waals surface area contributed by atoms with Crippen LogP contribution in [0.4, 0.5) is 13.2 Å². The van der Waals surface area contributed by atoms with E-state index in [1.807, 2.05) is 0 Å². The molecule has 0 saturated carbocycles. The van der Waals surface area contributed by atoms with Crippen molar-refractivity contribution in [3.05, 3.63) is 35.4 Å². The Kier molecular flexibility index (Phi) is 10.0. The number of rotatable bonds is 10. The fraction of sp³-hybridized carbons (Fsp3) is 0.611. The molecule has 0 aliphatic carbocycles. The first-order valence-electron chi connectivity index (χ1n) is 8.65. The third-order valence-electron chi connectivity index (χ3n) is 3.89. The van der Waals surface area contributed by atoms with Gasteiger partial charge in [0.1, 0.15) is 0 Å². The number of likely N-dealkylation sites (N-methyl/N-ethyl adjacent to an activating group) is 1.